The second-order valence-electron chi connectivity index (χ2n) is 11.0. The summed E-state index contributed by atoms with van der Waals surface area (Å²) in [4.78, 5) is 0. The number of hydrogen-bond donors (Lipinski definition) is 1. The smallest absolute Gasteiger partial charge is 0.00728 e. The van der Waals surface area contributed by atoms with Gasteiger partial charge >= 0.3 is 0 Å². The van der Waals surface area contributed by atoms with E-state index in [4.69, 9.17) is 5.73 Å². The SMILES string of the molecule is CC(C)(C)CC1CC(CC(C)(C)C)C2C3CC(CC3N)C12. The van der Waals surface area contributed by atoms with Crippen LogP contribution >= 0.6 is 0 Å². The molecule has 0 radical (unpaired) electrons. The van der Waals surface area contributed by atoms with Gasteiger partial charge in [-0.3, -0.25) is 0 Å². The molecule has 3 aliphatic carbocycles. The molecule has 1 nitrogen and oxygen atoms in total. The van der Waals surface area contributed by atoms with Crippen LogP contribution in [-0.2, 0) is 0 Å². The highest BCUT2D eigenvalue weighted by atomic mass is 14.8. The second kappa shape index (κ2) is 4.98. The van der Waals surface area contributed by atoms with Gasteiger partial charge in [0.25, 0.3) is 0 Å². The van der Waals surface area contributed by atoms with Crippen molar-refractivity contribution in [3.05, 3.63) is 0 Å². The van der Waals surface area contributed by atoms with Crippen LogP contribution in [0.3, 0.4) is 0 Å². The molecule has 0 spiro atoms. The van der Waals surface area contributed by atoms with Gasteiger partial charge in [0.1, 0.15) is 0 Å². The Labute approximate surface area is 132 Å². The molecule has 3 saturated carbocycles. The molecule has 0 heterocycles. The lowest BCUT2D eigenvalue weighted by molar-refractivity contribution is 0.135. The molecule has 0 aromatic heterocycles. The summed E-state index contributed by atoms with van der Waals surface area (Å²) >= 11 is 0. The second-order valence-corrected chi connectivity index (χ2v) is 11.0. The molecule has 21 heavy (non-hydrogen) atoms. The van der Waals surface area contributed by atoms with E-state index < -0.39 is 0 Å². The zero-order chi connectivity index (χ0) is 15.6. The first-order chi connectivity index (χ1) is 9.55. The standard InChI is InChI=1S/C20H37N/c1-19(2,3)10-13-7-14(11-20(4,5)6)18-15-8-12(17(13)18)9-16(15)21/h12-18H,7-11,21H2,1-6H3. The van der Waals surface area contributed by atoms with Gasteiger partial charge in [-0.25, -0.2) is 0 Å². The summed E-state index contributed by atoms with van der Waals surface area (Å²) < 4.78 is 0. The van der Waals surface area contributed by atoms with Crippen molar-refractivity contribution in [2.45, 2.75) is 79.7 Å². The van der Waals surface area contributed by atoms with Gasteiger partial charge in [-0.05, 0) is 78.4 Å². The number of fused-ring (bicyclic) bond motifs is 5. The number of nitrogens with two attached hydrogens (primary N) is 1. The summed E-state index contributed by atoms with van der Waals surface area (Å²) in [5, 5.41) is 0. The molecule has 1 heteroatoms. The van der Waals surface area contributed by atoms with Crippen molar-refractivity contribution in [2.75, 3.05) is 0 Å². The highest BCUT2D eigenvalue weighted by molar-refractivity contribution is 5.10. The molecule has 0 aromatic carbocycles. The molecule has 2 bridgehead atoms. The lowest BCUT2D eigenvalue weighted by atomic mass is 9.70. The van der Waals surface area contributed by atoms with Crippen LogP contribution < -0.4 is 5.73 Å². The molecular weight excluding hydrogens is 254 g/mol. The minimum Gasteiger partial charge on any atom is -0.327 e. The summed E-state index contributed by atoms with van der Waals surface area (Å²) in [6.07, 6.45) is 7.11. The third-order valence-corrected chi connectivity index (χ3v) is 6.63. The Hall–Kier alpha value is -0.0400. The molecular formula is C20H37N. The van der Waals surface area contributed by atoms with Gasteiger partial charge in [0.2, 0.25) is 0 Å². The van der Waals surface area contributed by atoms with E-state index in [1.54, 1.807) is 0 Å². The zero-order valence-electron chi connectivity index (χ0n) is 15.2. The van der Waals surface area contributed by atoms with E-state index in [1.807, 2.05) is 0 Å². The average Bonchev–Trinajstić information content (AvgIpc) is 2.86. The predicted octanol–water partition coefficient (Wildman–Crippen LogP) is 5.09. The van der Waals surface area contributed by atoms with Crippen LogP contribution in [0.25, 0.3) is 0 Å². The highest BCUT2D eigenvalue weighted by Gasteiger charge is 2.59. The van der Waals surface area contributed by atoms with E-state index >= 15 is 0 Å². The molecule has 0 aliphatic heterocycles. The first-order valence-electron chi connectivity index (χ1n) is 9.31. The largest absolute Gasteiger partial charge is 0.327 e. The minimum absolute atomic E-state index is 0.470. The molecule has 0 saturated heterocycles. The Balaban J connectivity index is 1.81. The quantitative estimate of drug-likeness (QED) is 0.753. The molecule has 3 rings (SSSR count). The number of hydrogen-bond acceptors (Lipinski definition) is 1. The molecule has 2 N–H and O–H groups in total. The molecule has 7 unspecified atom stereocenters. The van der Waals surface area contributed by atoms with Crippen LogP contribution in [-0.4, -0.2) is 6.04 Å². The van der Waals surface area contributed by atoms with Crippen LogP contribution in [0, 0.1) is 46.3 Å². The lowest BCUT2D eigenvalue weighted by Crippen LogP contribution is -2.38. The first kappa shape index (κ1) is 15.8. The van der Waals surface area contributed by atoms with Gasteiger partial charge in [0, 0.05) is 6.04 Å². The molecule has 3 aliphatic rings. The molecule has 0 amide bonds. The van der Waals surface area contributed by atoms with Gasteiger partial charge in [-0.2, -0.15) is 0 Å². The van der Waals surface area contributed by atoms with E-state index in [0.717, 1.165) is 35.5 Å². The van der Waals surface area contributed by atoms with Crippen LogP contribution in [0.2, 0.25) is 0 Å². The topological polar surface area (TPSA) is 26.0 Å². The van der Waals surface area contributed by atoms with Crippen molar-refractivity contribution < 1.29 is 0 Å². The number of rotatable bonds is 2. The maximum atomic E-state index is 6.47. The molecule has 122 valence electrons. The maximum absolute atomic E-state index is 6.47. The third kappa shape index (κ3) is 3.05. The fourth-order valence-corrected chi connectivity index (χ4v) is 6.58. The zero-order valence-corrected chi connectivity index (χ0v) is 15.2. The average molecular weight is 292 g/mol. The summed E-state index contributed by atoms with van der Waals surface area (Å²) in [5.41, 5.74) is 7.43. The fraction of sp³-hybridized carbons (Fsp3) is 1.00. The maximum Gasteiger partial charge on any atom is 0.00728 e. The Morgan fingerprint density at radius 3 is 1.81 bits per heavy atom. The van der Waals surface area contributed by atoms with Gasteiger partial charge in [0.15, 0.2) is 0 Å². The van der Waals surface area contributed by atoms with Crippen molar-refractivity contribution in [2.24, 2.45) is 52.1 Å². The van der Waals surface area contributed by atoms with Crippen LogP contribution in [0.4, 0.5) is 0 Å². The van der Waals surface area contributed by atoms with E-state index in [2.05, 4.69) is 41.5 Å². The molecule has 0 aromatic rings. The molecule has 3 fully saturated rings. The highest BCUT2D eigenvalue weighted by Crippen LogP contribution is 2.65. The van der Waals surface area contributed by atoms with Crippen molar-refractivity contribution in [1.29, 1.82) is 0 Å². The predicted molar refractivity (Wildman–Crippen MR) is 90.9 cm³/mol. The van der Waals surface area contributed by atoms with Crippen molar-refractivity contribution in [1.82, 2.24) is 0 Å². The van der Waals surface area contributed by atoms with Gasteiger partial charge in [0.05, 0.1) is 0 Å². The Kier molecular flexibility index (Phi) is 3.76. The van der Waals surface area contributed by atoms with Gasteiger partial charge in [-0.15, -0.1) is 0 Å². The monoisotopic (exact) mass is 291 g/mol. The summed E-state index contributed by atoms with van der Waals surface area (Å²) in [7, 11) is 0. The third-order valence-electron chi connectivity index (χ3n) is 6.63. The lowest BCUT2D eigenvalue weighted by Gasteiger charge is -2.37. The van der Waals surface area contributed by atoms with Crippen LogP contribution in [0.5, 0.6) is 0 Å². The minimum atomic E-state index is 0.470. The Morgan fingerprint density at radius 1 is 0.762 bits per heavy atom. The van der Waals surface area contributed by atoms with Crippen LogP contribution in [0.1, 0.15) is 73.6 Å². The molecule has 7 atom stereocenters. The summed E-state index contributed by atoms with van der Waals surface area (Å²) in [6.45, 7) is 14.6. The van der Waals surface area contributed by atoms with Crippen molar-refractivity contribution in [3.63, 3.8) is 0 Å². The van der Waals surface area contributed by atoms with Crippen LogP contribution in [0.15, 0.2) is 0 Å². The summed E-state index contributed by atoms with van der Waals surface area (Å²) in [5.74, 6) is 5.73. The Morgan fingerprint density at radius 2 is 1.29 bits per heavy atom. The van der Waals surface area contributed by atoms with Crippen molar-refractivity contribution in [3.8, 4) is 0 Å². The van der Waals surface area contributed by atoms with E-state index in [1.165, 1.54) is 32.1 Å². The van der Waals surface area contributed by atoms with Crippen molar-refractivity contribution >= 4 is 0 Å². The van der Waals surface area contributed by atoms with Gasteiger partial charge in [-0.1, -0.05) is 41.5 Å². The van der Waals surface area contributed by atoms with Gasteiger partial charge < -0.3 is 5.73 Å². The Bertz CT molecular complexity index is 386. The van der Waals surface area contributed by atoms with E-state index in [9.17, 15) is 0 Å². The fourth-order valence-electron chi connectivity index (χ4n) is 6.58. The summed E-state index contributed by atoms with van der Waals surface area (Å²) in [6, 6.07) is 0.520. The van der Waals surface area contributed by atoms with E-state index in [-0.39, 0.29) is 0 Å². The normalized spacial score (nSPS) is 46.1. The first-order valence-corrected chi connectivity index (χ1v) is 9.31. The van der Waals surface area contributed by atoms with E-state index in [0.29, 0.717) is 16.9 Å².